The molecule has 8 nitrogen and oxygen atoms in total. The number of hydrazine groups is 1. The second kappa shape index (κ2) is 11.7. The highest BCUT2D eigenvalue weighted by Gasteiger charge is 2.26. The van der Waals surface area contributed by atoms with Crippen LogP contribution in [0.2, 0.25) is 10.0 Å². The topological polar surface area (TPSA) is 98.9 Å². The summed E-state index contributed by atoms with van der Waals surface area (Å²) in [6, 6.07) is 12.6. The molecule has 1 aromatic heterocycles. The van der Waals surface area contributed by atoms with Crippen LogP contribution >= 0.6 is 39.1 Å². The molecule has 2 aromatic carbocycles. The van der Waals surface area contributed by atoms with Gasteiger partial charge in [-0.3, -0.25) is 14.8 Å². The molecular formula is C23H24BrCl2N7O. The van der Waals surface area contributed by atoms with Gasteiger partial charge >= 0.3 is 0 Å². The van der Waals surface area contributed by atoms with Gasteiger partial charge in [-0.05, 0) is 60.8 Å². The number of azide groups is 1. The van der Waals surface area contributed by atoms with Crippen LogP contribution in [-0.4, -0.2) is 33.6 Å². The minimum absolute atomic E-state index is 0. The Morgan fingerprint density at radius 3 is 2.50 bits per heavy atom. The Morgan fingerprint density at radius 2 is 1.85 bits per heavy atom. The van der Waals surface area contributed by atoms with Crippen molar-refractivity contribution >= 4 is 45.0 Å². The monoisotopic (exact) mass is 563 g/mol. The molecule has 4 rings (SSSR count). The van der Waals surface area contributed by atoms with Gasteiger partial charge in [0.2, 0.25) is 0 Å². The molecule has 11 heteroatoms. The number of carbonyl (C=O) groups excluding carboxylic acids is 1. The van der Waals surface area contributed by atoms with Crippen LogP contribution in [0.25, 0.3) is 27.5 Å². The van der Waals surface area contributed by atoms with Crippen LogP contribution in [-0.2, 0) is 6.54 Å². The number of piperidine rings is 1. The number of benzene rings is 2. The molecule has 0 saturated carbocycles. The third-order valence-corrected chi connectivity index (χ3v) is 6.42. The molecule has 3 aromatic rings. The third kappa shape index (κ3) is 5.74. The average molecular weight is 565 g/mol. The number of carbonyl (C=O) groups is 1. The molecule has 0 spiro atoms. The molecule has 0 aliphatic carbocycles. The van der Waals surface area contributed by atoms with Gasteiger partial charge in [-0.2, -0.15) is 0 Å². The van der Waals surface area contributed by atoms with Crippen molar-refractivity contribution in [3.8, 4) is 17.1 Å². The number of rotatable bonds is 6. The summed E-state index contributed by atoms with van der Waals surface area (Å²) < 4.78 is 2.69. The first-order valence-electron chi connectivity index (χ1n) is 10.4. The fourth-order valence-electron chi connectivity index (χ4n) is 3.80. The van der Waals surface area contributed by atoms with Gasteiger partial charge in [-0.25, -0.2) is 9.99 Å². The largest absolute Gasteiger partial charge is 0.296 e. The van der Waals surface area contributed by atoms with E-state index in [1.54, 1.807) is 22.8 Å². The molecule has 1 N–H and O–H groups in total. The lowest BCUT2D eigenvalue weighted by Crippen LogP contribution is -2.45. The SMILES string of the molecule is C.[N-]=[N+]=NCc1c(C(=O)NN2CCCCC2)nc(-c2ccc(Cl)cc2Cl)n1-c1ccc(Br)cc1. The lowest BCUT2D eigenvalue weighted by atomic mass is 10.2. The van der Waals surface area contributed by atoms with E-state index < -0.39 is 0 Å². The van der Waals surface area contributed by atoms with Crippen molar-refractivity contribution in [1.29, 1.82) is 0 Å². The molecule has 0 radical (unpaired) electrons. The lowest BCUT2D eigenvalue weighted by molar-refractivity contribution is 0.0744. The minimum atomic E-state index is -0.359. The lowest BCUT2D eigenvalue weighted by Gasteiger charge is -2.26. The van der Waals surface area contributed by atoms with Gasteiger partial charge in [0, 0.05) is 38.7 Å². The summed E-state index contributed by atoms with van der Waals surface area (Å²) in [6.07, 6.45) is 3.18. The van der Waals surface area contributed by atoms with Gasteiger partial charge in [0.1, 0.15) is 5.82 Å². The van der Waals surface area contributed by atoms with E-state index in [4.69, 9.17) is 28.7 Å². The molecule has 178 valence electrons. The minimum Gasteiger partial charge on any atom is -0.296 e. The maximum atomic E-state index is 13.3. The highest BCUT2D eigenvalue weighted by molar-refractivity contribution is 9.10. The van der Waals surface area contributed by atoms with Crippen molar-refractivity contribution in [2.24, 2.45) is 5.11 Å². The predicted molar refractivity (Wildman–Crippen MR) is 139 cm³/mol. The highest BCUT2D eigenvalue weighted by Crippen LogP contribution is 2.34. The zero-order valence-electron chi connectivity index (χ0n) is 17.5. The molecular weight excluding hydrogens is 541 g/mol. The number of halogens is 3. The third-order valence-electron chi connectivity index (χ3n) is 5.34. The number of nitrogens with one attached hydrogen (secondary N) is 1. The van der Waals surface area contributed by atoms with E-state index in [0.29, 0.717) is 27.1 Å². The molecule has 2 heterocycles. The number of aromatic nitrogens is 2. The Balaban J connectivity index is 0.00000324. The maximum absolute atomic E-state index is 13.3. The zero-order chi connectivity index (χ0) is 23.4. The summed E-state index contributed by atoms with van der Waals surface area (Å²) in [5, 5.41) is 6.52. The molecule has 1 fully saturated rings. The summed E-state index contributed by atoms with van der Waals surface area (Å²) in [7, 11) is 0. The summed E-state index contributed by atoms with van der Waals surface area (Å²) in [5.74, 6) is 0.0909. The average Bonchev–Trinajstić information content (AvgIpc) is 3.18. The summed E-state index contributed by atoms with van der Waals surface area (Å²) >= 11 is 16.1. The van der Waals surface area contributed by atoms with Crippen molar-refractivity contribution in [1.82, 2.24) is 20.0 Å². The molecule has 0 bridgehead atoms. The summed E-state index contributed by atoms with van der Waals surface area (Å²) in [4.78, 5) is 20.9. The smallest absolute Gasteiger partial charge is 0.286 e. The van der Waals surface area contributed by atoms with Crippen LogP contribution in [0.4, 0.5) is 0 Å². The Hall–Kier alpha value is -2.55. The van der Waals surface area contributed by atoms with Gasteiger partial charge in [-0.1, -0.05) is 58.1 Å². The fourth-order valence-corrected chi connectivity index (χ4v) is 4.56. The quantitative estimate of drug-likeness (QED) is 0.195. The van der Waals surface area contributed by atoms with Gasteiger partial charge in [0.15, 0.2) is 5.69 Å². The Kier molecular flexibility index (Phi) is 8.99. The molecule has 1 saturated heterocycles. The van der Waals surface area contributed by atoms with Crippen molar-refractivity contribution in [2.45, 2.75) is 33.2 Å². The van der Waals surface area contributed by atoms with Crippen molar-refractivity contribution in [3.05, 3.63) is 78.8 Å². The van der Waals surface area contributed by atoms with Crippen LogP contribution < -0.4 is 5.43 Å². The van der Waals surface area contributed by atoms with Crippen molar-refractivity contribution in [3.63, 3.8) is 0 Å². The van der Waals surface area contributed by atoms with E-state index in [-0.39, 0.29) is 25.6 Å². The number of nitrogens with zero attached hydrogens (tertiary/aromatic N) is 6. The van der Waals surface area contributed by atoms with E-state index in [1.165, 1.54) is 0 Å². The molecule has 0 unspecified atom stereocenters. The molecule has 1 amide bonds. The van der Waals surface area contributed by atoms with Crippen molar-refractivity contribution < 1.29 is 4.79 Å². The fraction of sp³-hybridized carbons (Fsp3) is 0.304. The number of amides is 1. The normalized spacial score (nSPS) is 13.6. The molecule has 34 heavy (non-hydrogen) atoms. The Bertz CT molecular complexity index is 1220. The molecule has 1 aliphatic heterocycles. The van der Waals surface area contributed by atoms with Crippen LogP contribution in [0.5, 0.6) is 0 Å². The summed E-state index contributed by atoms with van der Waals surface area (Å²) in [5.41, 5.74) is 13.9. The zero-order valence-corrected chi connectivity index (χ0v) is 20.6. The second-order valence-electron chi connectivity index (χ2n) is 7.54. The number of hydrogen-bond acceptors (Lipinski definition) is 4. The van der Waals surface area contributed by atoms with Crippen molar-refractivity contribution in [2.75, 3.05) is 13.1 Å². The Morgan fingerprint density at radius 1 is 1.15 bits per heavy atom. The van der Waals surface area contributed by atoms with E-state index in [1.807, 2.05) is 29.3 Å². The van der Waals surface area contributed by atoms with E-state index in [9.17, 15) is 4.79 Å². The summed E-state index contributed by atoms with van der Waals surface area (Å²) in [6.45, 7) is 1.49. The van der Waals surface area contributed by atoms with Crippen LogP contribution in [0.15, 0.2) is 52.1 Å². The Labute approximate surface area is 216 Å². The van der Waals surface area contributed by atoms with Crippen LogP contribution in [0.1, 0.15) is 42.9 Å². The number of imidazole rings is 1. The first-order chi connectivity index (χ1) is 16.0. The van der Waals surface area contributed by atoms with E-state index in [0.717, 1.165) is 42.5 Å². The highest BCUT2D eigenvalue weighted by atomic mass is 79.9. The maximum Gasteiger partial charge on any atom is 0.286 e. The van der Waals surface area contributed by atoms with Gasteiger partial charge in [-0.15, -0.1) is 0 Å². The molecule has 0 atom stereocenters. The van der Waals surface area contributed by atoms with Gasteiger partial charge in [0.05, 0.1) is 17.3 Å². The first kappa shape index (κ1) is 26.1. The molecule has 1 aliphatic rings. The number of hydrogen-bond donors (Lipinski definition) is 1. The van der Waals surface area contributed by atoms with E-state index in [2.05, 4.69) is 36.4 Å². The predicted octanol–water partition coefficient (Wildman–Crippen LogP) is 7.19. The van der Waals surface area contributed by atoms with Crippen LogP contribution in [0, 0.1) is 0 Å². The standard InChI is InChI=1S/C22H20BrCl2N7O.CH4/c23-14-4-7-16(8-5-14)32-19(13-27-30-26)20(22(33)29-31-10-2-1-3-11-31)28-21(32)17-9-6-15(24)12-18(17)25;/h4-9,12H,1-3,10-11,13H2,(H,29,33);1H4. The van der Waals surface area contributed by atoms with Gasteiger partial charge in [0.25, 0.3) is 5.91 Å². The van der Waals surface area contributed by atoms with Crippen LogP contribution in [0.3, 0.4) is 0 Å². The van der Waals surface area contributed by atoms with Gasteiger partial charge < -0.3 is 0 Å². The first-order valence-corrected chi connectivity index (χ1v) is 11.9. The van der Waals surface area contributed by atoms with E-state index >= 15 is 0 Å². The second-order valence-corrected chi connectivity index (χ2v) is 9.30.